The Morgan fingerprint density at radius 1 is 1.26 bits per heavy atom. The third-order valence-corrected chi connectivity index (χ3v) is 6.72. The van der Waals surface area contributed by atoms with Crippen LogP contribution in [0.4, 0.5) is 4.39 Å². The van der Waals surface area contributed by atoms with Crippen LogP contribution in [0.15, 0.2) is 41.8 Å². The molecule has 2 aliphatic rings. The molecule has 2 fully saturated rings. The molecule has 1 aromatic carbocycles. The minimum Gasteiger partial charge on any atom is -0.375 e. The molecule has 2 saturated heterocycles. The average Bonchev–Trinajstić information content (AvgIpc) is 3.30. The Hall–Kier alpha value is -1.76. The molecule has 3 atom stereocenters. The van der Waals surface area contributed by atoms with Crippen LogP contribution in [0.1, 0.15) is 22.8 Å². The van der Waals surface area contributed by atoms with Gasteiger partial charge in [-0.15, -0.1) is 11.3 Å². The highest BCUT2D eigenvalue weighted by molar-refractivity contribution is 7.09. The van der Waals surface area contributed by atoms with E-state index in [1.165, 1.54) is 17.0 Å². The van der Waals surface area contributed by atoms with Crippen molar-refractivity contribution in [3.8, 4) is 0 Å². The molecule has 1 aromatic heterocycles. The molecule has 0 saturated carbocycles. The first kappa shape index (κ1) is 18.6. The predicted molar refractivity (Wildman–Crippen MR) is 104 cm³/mol. The van der Waals surface area contributed by atoms with Crippen LogP contribution in [0.5, 0.6) is 0 Å². The number of hydrogen-bond acceptors (Lipinski definition) is 4. The summed E-state index contributed by atoms with van der Waals surface area (Å²) in [6, 6.07) is 11.3. The normalized spacial score (nSPS) is 25.6. The van der Waals surface area contributed by atoms with Crippen molar-refractivity contribution in [2.24, 2.45) is 5.92 Å². The third kappa shape index (κ3) is 3.93. The van der Waals surface area contributed by atoms with Crippen LogP contribution in [-0.4, -0.2) is 55.1 Å². The number of ether oxygens (including phenoxy) is 1. The molecular weight excluding hydrogens is 363 g/mol. The second kappa shape index (κ2) is 8.09. The van der Waals surface area contributed by atoms with E-state index in [-0.39, 0.29) is 30.3 Å². The van der Waals surface area contributed by atoms with Gasteiger partial charge >= 0.3 is 0 Å². The minimum absolute atomic E-state index is 0.0591. The SMILES string of the molecule is COCC(=O)N1C[C@H](c2ccc(F)cc2)[C@H]2CN(Cc3cccs3)CC[C@H]21. The van der Waals surface area contributed by atoms with Crippen molar-refractivity contribution in [3.63, 3.8) is 0 Å². The van der Waals surface area contributed by atoms with Crippen LogP contribution in [0.2, 0.25) is 0 Å². The molecule has 1 amide bonds. The third-order valence-electron chi connectivity index (χ3n) is 5.86. The Morgan fingerprint density at radius 3 is 2.78 bits per heavy atom. The van der Waals surface area contributed by atoms with Gasteiger partial charge in [-0.2, -0.15) is 0 Å². The van der Waals surface area contributed by atoms with Crippen LogP contribution >= 0.6 is 11.3 Å². The summed E-state index contributed by atoms with van der Waals surface area (Å²) in [4.78, 5) is 18.5. The van der Waals surface area contributed by atoms with E-state index in [4.69, 9.17) is 4.74 Å². The average molecular weight is 389 g/mol. The maximum atomic E-state index is 13.4. The molecule has 3 heterocycles. The van der Waals surface area contributed by atoms with E-state index >= 15 is 0 Å². The van der Waals surface area contributed by atoms with Crippen molar-refractivity contribution >= 4 is 17.2 Å². The quantitative estimate of drug-likeness (QED) is 0.788. The fourth-order valence-electron chi connectivity index (χ4n) is 4.63. The summed E-state index contributed by atoms with van der Waals surface area (Å²) in [5, 5.41) is 2.12. The van der Waals surface area contributed by atoms with Crippen LogP contribution < -0.4 is 0 Å². The lowest BCUT2D eigenvalue weighted by Gasteiger charge is -2.38. The first-order valence-electron chi connectivity index (χ1n) is 9.44. The number of hydrogen-bond donors (Lipinski definition) is 0. The standard InChI is InChI=1S/C21H25FN2O2S/c1-26-14-21(25)24-13-18(15-4-6-16(22)7-5-15)19-12-23(9-8-20(19)24)11-17-3-2-10-27-17/h2-7,10,18-20H,8-9,11-14H2,1H3/t18-,19-,20-/m1/s1. The van der Waals surface area contributed by atoms with Crippen molar-refractivity contribution in [2.45, 2.75) is 24.9 Å². The van der Waals surface area contributed by atoms with Gasteiger partial charge in [-0.1, -0.05) is 18.2 Å². The number of rotatable bonds is 5. The van der Waals surface area contributed by atoms with Crippen molar-refractivity contribution in [1.82, 2.24) is 9.80 Å². The van der Waals surface area contributed by atoms with E-state index < -0.39 is 0 Å². The Morgan fingerprint density at radius 2 is 2.07 bits per heavy atom. The zero-order chi connectivity index (χ0) is 18.8. The van der Waals surface area contributed by atoms with E-state index in [0.717, 1.165) is 31.6 Å². The second-order valence-electron chi connectivity index (χ2n) is 7.47. The molecule has 0 aliphatic carbocycles. The van der Waals surface area contributed by atoms with Crippen LogP contribution in [0, 0.1) is 11.7 Å². The molecule has 0 bridgehead atoms. The number of carbonyl (C=O) groups excluding carboxylic acids is 1. The molecule has 2 aliphatic heterocycles. The van der Waals surface area contributed by atoms with E-state index in [0.29, 0.717) is 12.5 Å². The van der Waals surface area contributed by atoms with Crippen LogP contribution in [0.3, 0.4) is 0 Å². The molecule has 0 spiro atoms. The first-order chi connectivity index (χ1) is 13.2. The molecule has 27 heavy (non-hydrogen) atoms. The lowest BCUT2D eigenvalue weighted by molar-refractivity contribution is -0.137. The van der Waals surface area contributed by atoms with E-state index in [2.05, 4.69) is 22.4 Å². The monoisotopic (exact) mass is 388 g/mol. The van der Waals surface area contributed by atoms with Crippen molar-refractivity contribution in [3.05, 3.63) is 58.0 Å². The van der Waals surface area contributed by atoms with Crippen LogP contribution in [0.25, 0.3) is 0 Å². The Kier molecular flexibility index (Phi) is 5.57. The Labute approximate surface area is 163 Å². The summed E-state index contributed by atoms with van der Waals surface area (Å²) < 4.78 is 18.5. The van der Waals surface area contributed by atoms with Crippen molar-refractivity contribution in [2.75, 3.05) is 33.4 Å². The van der Waals surface area contributed by atoms with Gasteiger partial charge in [-0.3, -0.25) is 9.69 Å². The predicted octanol–water partition coefficient (Wildman–Crippen LogP) is 3.35. The number of amides is 1. The summed E-state index contributed by atoms with van der Waals surface area (Å²) in [5.41, 5.74) is 1.12. The minimum atomic E-state index is -0.219. The summed E-state index contributed by atoms with van der Waals surface area (Å²) in [6.07, 6.45) is 0.975. The van der Waals surface area contributed by atoms with E-state index in [9.17, 15) is 9.18 Å². The Bertz CT molecular complexity index is 765. The van der Waals surface area contributed by atoms with Crippen molar-refractivity contribution < 1.29 is 13.9 Å². The maximum Gasteiger partial charge on any atom is 0.248 e. The molecule has 4 rings (SSSR count). The van der Waals surface area contributed by atoms with E-state index in [1.807, 2.05) is 17.0 Å². The molecule has 0 unspecified atom stereocenters. The molecule has 2 aromatic rings. The molecule has 0 radical (unpaired) electrons. The number of likely N-dealkylation sites (tertiary alicyclic amines) is 2. The largest absolute Gasteiger partial charge is 0.375 e. The zero-order valence-electron chi connectivity index (χ0n) is 15.5. The summed E-state index contributed by atoms with van der Waals surface area (Å²) in [5.74, 6) is 0.444. The van der Waals surface area contributed by atoms with Gasteiger partial charge in [0.1, 0.15) is 12.4 Å². The number of carbonyl (C=O) groups is 1. The molecule has 0 N–H and O–H groups in total. The molecule has 4 nitrogen and oxygen atoms in total. The van der Waals surface area contributed by atoms with E-state index in [1.54, 1.807) is 18.4 Å². The van der Waals surface area contributed by atoms with Crippen LogP contribution in [-0.2, 0) is 16.1 Å². The lowest BCUT2D eigenvalue weighted by Crippen LogP contribution is -2.48. The second-order valence-corrected chi connectivity index (χ2v) is 8.50. The number of benzene rings is 1. The lowest BCUT2D eigenvalue weighted by atomic mass is 9.82. The fourth-order valence-corrected chi connectivity index (χ4v) is 5.37. The smallest absolute Gasteiger partial charge is 0.248 e. The van der Waals surface area contributed by atoms with Gasteiger partial charge < -0.3 is 9.64 Å². The number of nitrogens with zero attached hydrogens (tertiary/aromatic N) is 2. The fraction of sp³-hybridized carbons (Fsp3) is 0.476. The summed E-state index contributed by atoms with van der Waals surface area (Å²) >= 11 is 1.79. The highest BCUT2D eigenvalue weighted by Crippen LogP contribution is 2.42. The van der Waals surface area contributed by atoms with Gasteiger partial charge in [0.2, 0.25) is 5.91 Å². The summed E-state index contributed by atoms with van der Waals surface area (Å²) in [7, 11) is 1.56. The highest BCUT2D eigenvalue weighted by atomic mass is 32.1. The number of piperidine rings is 1. The van der Waals surface area contributed by atoms with Crippen molar-refractivity contribution in [1.29, 1.82) is 0 Å². The van der Waals surface area contributed by atoms with Gasteiger partial charge in [0.15, 0.2) is 0 Å². The number of halogens is 1. The number of fused-ring (bicyclic) bond motifs is 1. The first-order valence-corrected chi connectivity index (χ1v) is 10.3. The zero-order valence-corrected chi connectivity index (χ0v) is 16.3. The topological polar surface area (TPSA) is 32.8 Å². The highest BCUT2D eigenvalue weighted by Gasteiger charge is 2.46. The number of thiophene rings is 1. The maximum absolute atomic E-state index is 13.4. The van der Waals surface area contributed by atoms with Gasteiger partial charge in [-0.05, 0) is 35.6 Å². The van der Waals surface area contributed by atoms with Gasteiger partial charge in [0, 0.05) is 56.0 Å². The summed E-state index contributed by atoms with van der Waals surface area (Å²) in [6.45, 7) is 3.73. The molecular formula is C21H25FN2O2S. The molecule has 144 valence electrons. The van der Waals surface area contributed by atoms with Gasteiger partial charge in [-0.25, -0.2) is 4.39 Å². The van der Waals surface area contributed by atoms with Gasteiger partial charge in [0.25, 0.3) is 0 Å². The molecule has 6 heteroatoms. The Balaban J connectivity index is 1.56. The van der Waals surface area contributed by atoms with Gasteiger partial charge in [0.05, 0.1) is 0 Å². The number of methoxy groups -OCH3 is 1.